The zero-order valence-electron chi connectivity index (χ0n) is 9.05. The number of hydrogen-bond donors (Lipinski definition) is 2. The van der Waals surface area contributed by atoms with E-state index in [0.29, 0.717) is 0 Å². The number of rotatable bonds is 4. The third-order valence-electron chi connectivity index (χ3n) is 1.99. The Kier molecular flexibility index (Phi) is 6.66. The van der Waals surface area contributed by atoms with E-state index in [2.05, 4.69) is 15.9 Å². The summed E-state index contributed by atoms with van der Waals surface area (Å²) in [5, 5.41) is 2.02. The number of alkyl halides is 2. The van der Waals surface area contributed by atoms with Crippen LogP contribution in [0, 0.1) is 5.82 Å². The van der Waals surface area contributed by atoms with Gasteiger partial charge in [-0.3, -0.25) is 4.79 Å². The van der Waals surface area contributed by atoms with Gasteiger partial charge in [0.05, 0.1) is 17.6 Å². The molecule has 0 saturated heterocycles. The van der Waals surface area contributed by atoms with E-state index in [1.54, 1.807) is 0 Å². The van der Waals surface area contributed by atoms with Crippen LogP contribution >= 0.6 is 28.3 Å². The summed E-state index contributed by atoms with van der Waals surface area (Å²) in [4.78, 5) is 11.4. The highest BCUT2D eigenvalue weighted by Gasteiger charge is 2.27. The predicted octanol–water partition coefficient (Wildman–Crippen LogP) is 2.33. The SMILES string of the molecule is Cl.NCC(F)(F)CNC(=O)c1ccc(F)c(Br)c1. The van der Waals surface area contributed by atoms with Gasteiger partial charge in [0.25, 0.3) is 11.8 Å². The van der Waals surface area contributed by atoms with Gasteiger partial charge in [-0.1, -0.05) is 0 Å². The van der Waals surface area contributed by atoms with Gasteiger partial charge in [0.2, 0.25) is 0 Å². The fraction of sp³-hybridized carbons (Fsp3) is 0.300. The molecule has 0 saturated carbocycles. The number of nitrogens with one attached hydrogen (secondary N) is 1. The quantitative estimate of drug-likeness (QED) is 0.878. The molecule has 102 valence electrons. The van der Waals surface area contributed by atoms with Gasteiger partial charge < -0.3 is 11.1 Å². The lowest BCUT2D eigenvalue weighted by Gasteiger charge is -2.14. The molecule has 1 aromatic carbocycles. The van der Waals surface area contributed by atoms with Crippen molar-refractivity contribution in [3.63, 3.8) is 0 Å². The second-order valence-corrected chi connectivity index (χ2v) is 4.23. The summed E-state index contributed by atoms with van der Waals surface area (Å²) in [6.45, 7) is -1.70. The van der Waals surface area contributed by atoms with Gasteiger partial charge in [0.1, 0.15) is 5.82 Å². The zero-order chi connectivity index (χ0) is 13.1. The second-order valence-electron chi connectivity index (χ2n) is 3.37. The Morgan fingerprint density at radius 1 is 1.44 bits per heavy atom. The van der Waals surface area contributed by atoms with Crippen LogP contribution in [-0.2, 0) is 0 Å². The number of amides is 1. The number of nitrogens with two attached hydrogens (primary N) is 1. The first-order valence-corrected chi connectivity index (χ1v) is 5.46. The lowest BCUT2D eigenvalue weighted by Crippen LogP contribution is -2.41. The Morgan fingerprint density at radius 3 is 2.56 bits per heavy atom. The standard InChI is InChI=1S/C10H10BrF3N2O.ClH/c11-7-3-6(1-2-8(7)12)9(17)16-5-10(13,14)4-15;/h1-3H,4-5,15H2,(H,16,17);1H. The van der Waals surface area contributed by atoms with Crippen LogP contribution < -0.4 is 11.1 Å². The van der Waals surface area contributed by atoms with E-state index >= 15 is 0 Å². The molecule has 0 fully saturated rings. The fourth-order valence-electron chi connectivity index (χ4n) is 1.02. The molecule has 0 unspecified atom stereocenters. The van der Waals surface area contributed by atoms with Gasteiger partial charge in [0.15, 0.2) is 0 Å². The molecule has 0 atom stereocenters. The van der Waals surface area contributed by atoms with E-state index in [9.17, 15) is 18.0 Å². The van der Waals surface area contributed by atoms with Crippen molar-refractivity contribution in [1.29, 1.82) is 0 Å². The monoisotopic (exact) mass is 346 g/mol. The van der Waals surface area contributed by atoms with Crippen molar-refractivity contribution in [2.45, 2.75) is 5.92 Å². The number of carbonyl (C=O) groups is 1. The minimum Gasteiger partial charge on any atom is -0.346 e. The van der Waals surface area contributed by atoms with E-state index in [1.165, 1.54) is 12.1 Å². The summed E-state index contributed by atoms with van der Waals surface area (Å²) in [5.74, 6) is -4.39. The Labute approximate surface area is 116 Å². The smallest absolute Gasteiger partial charge is 0.277 e. The molecule has 0 spiro atoms. The molecule has 0 aromatic heterocycles. The number of benzene rings is 1. The first-order valence-electron chi connectivity index (χ1n) is 4.67. The Hall–Kier alpha value is -0.790. The van der Waals surface area contributed by atoms with Crippen LogP contribution in [0.5, 0.6) is 0 Å². The van der Waals surface area contributed by atoms with E-state index in [-0.39, 0.29) is 22.4 Å². The minimum atomic E-state index is -3.15. The molecule has 0 heterocycles. The second kappa shape index (κ2) is 6.96. The molecular weight excluding hydrogens is 336 g/mol. The maximum Gasteiger partial charge on any atom is 0.277 e. The van der Waals surface area contributed by atoms with Crippen LogP contribution in [0.3, 0.4) is 0 Å². The third kappa shape index (κ3) is 4.83. The van der Waals surface area contributed by atoms with Crippen molar-refractivity contribution in [2.75, 3.05) is 13.1 Å². The average Bonchev–Trinajstić information content (AvgIpc) is 2.30. The first kappa shape index (κ1) is 17.2. The Morgan fingerprint density at radius 2 is 2.06 bits per heavy atom. The average molecular weight is 348 g/mol. The molecule has 1 rings (SSSR count). The van der Waals surface area contributed by atoms with Crippen LogP contribution in [-0.4, -0.2) is 24.9 Å². The van der Waals surface area contributed by atoms with Gasteiger partial charge >= 0.3 is 0 Å². The molecule has 0 radical (unpaired) electrons. The molecule has 1 aromatic rings. The van der Waals surface area contributed by atoms with Crippen molar-refractivity contribution in [3.8, 4) is 0 Å². The van der Waals surface area contributed by atoms with E-state index in [0.717, 1.165) is 6.07 Å². The molecule has 8 heteroatoms. The topological polar surface area (TPSA) is 55.1 Å². The van der Waals surface area contributed by atoms with Crippen LogP contribution in [0.4, 0.5) is 13.2 Å². The molecule has 1 amide bonds. The van der Waals surface area contributed by atoms with Crippen molar-refractivity contribution >= 4 is 34.2 Å². The highest BCUT2D eigenvalue weighted by Crippen LogP contribution is 2.17. The summed E-state index contributed by atoms with van der Waals surface area (Å²) >= 11 is 2.90. The van der Waals surface area contributed by atoms with Gasteiger partial charge in [-0.2, -0.15) is 0 Å². The molecule has 3 nitrogen and oxygen atoms in total. The number of carbonyl (C=O) groups excluding carboxylic acids is 1. The summed E-state index contributed by atoms with van der Waals surface area (Å²) < 4.78 is 38.5. The van der Waals surface area contributed by atoms with Crippen molar-refractivity contribution in [3.05, 3.63) is 34.1 Å². The van der Waals surface area contributed by atoms with Crippen LogP contribution in [0.15, 0.2) is 22.7 Å². The lowest BCUT2D eigenvalue weighted by molar-refractivity contribution is 0.0118. The maximum atomic E-state index is 12.9. The third-order valence-corrected chi connectivity index (χ3v) is 2.60. The van der Waals surface area contributed by atoms with Crippen molar-refractivity contribution < 1.29 is 18.0 Å². The van der Waals surface area contributed by atoms with Crippen LogP contribution in [0.1, 0.15) is 10.4 Å². The summed E-state index contributed by atoms with van der Waals surface area (Å²) in [5.41, 5.74) is 4.91. The van der Waals surface area contributed by atoms with Gasteiger partial charge in [-0.05, 0) is 34.1 Å². The molecule has 3 N–H and O–H groups in total. The van der Waals surface area contributed by atoms with Crippen molar-refractivity contribution in [2.24, 2.45) is 5.73 Å². The van der Waals surface area contributed by atoms with E-state index < -0.39 is 30.7 Å². The fourth-order valence-corrected chi connectivity index (χ4v) is 1.40. The normalized spacial score (nSPS) is 10.7. The summed E-state index contributed by atoms with van der Waals surface area (Å²) in [7, 11) is 0. The molecular formula is C10H11BrClF3N2O. The van der Waals surface area contributed by atoms with Gasteiger partial charge in [0, 0.05) is 5.56 Å². The van der Waals surface area contributed by atoms with Crippen LogP contribution in [0.25, 0.3) is 0 Å². The number of hydrogen-bond acceptors (Lipinski definition) is 2. The Bertz CT molecular complexity index is 432. The Balaban J connectivity index is 0.00000289. The lowest BCUT2D eigenvalue weighted by atomic mass is 10.2. The van der Waals surface area contributed by atoms with E-state index in [1.807, 2.05) is 5.32 Å². The highest BCUT2D eigenvalue weighted by atomic mass is 79.9. The zero-order valence-corrected chi connectivity index (χ0v) is 11.5. The molecule has 0 aliphatic carbocycles. The van der Waals surface area contributed by atoms with E-state index in [4.69, 9.17) is 5.73 Å². The first-order chi connectivity index (χ1) is 7.85. The van der Waals surface area contributed by atoms with Crippen molar-refractivity contribution in [1.82, 2.24) is 5.32 Å². The van der Waals surface area contributed by atoms with Gasteiger partial charge in [-0.25, -0.2) is 13.2 Å². The van der Waals surface area contributed by atoms with Gasteiger partial charge in [-0.15, -0.1) is 12.4 Å². The largest absolute Gasteiger partial charge is 0.346 e. The number of halogens is 5. The predicted molar refractivity (Wildman–Crippen MR) is 67.7 cm³/mol. The maximum absolute atomic E-state index is 12.9. The minimum absolute atomic E-state index is 0. The highest BCUT2D eigenvalue weighted by molar-refractivity contribution is 9.10. The summed E-state index contributed by atoms with van der Waals surface area (Å²) in [6.07, 6.45) is 0. The molecule has 0 bridgehead atoms. The van der Waals surface area contributed by atoms with Crippen LogP contribution in [0.2, 0.25) is 0 Å². The molecule has 0 aliphatic heterocycles. The molecule has 0 aliphatic rings. The summed E-state index contributed by atoms with van der Waals surface area (Å²) in [6, 6.07) is 3.49. The molecule has 18 heavy (non-hydrogen) atoms.